The summed E-state index contributed by atoms with van der Waals surface area (Å²) in [5, 5.41) is 7.04. The molecular formula is C13H19BrN2S2. The van der Waals surface area contributed by atoms with E-state index in [1.165, 1.54) is 0 Å². The number of rotatable bonds is 4. The Labute approximate surface area is 127 Å². The second-order valence-corrected chi connectivity index (χ2v) is 8.10. The maximum Gasteiger partial charge on any atom is 0.170 e. The molecule has 2 nitrogen and oxygen atoms in total. The molecular weight excluding hydrogens is 328 g/mol. The van der Waals surface area contributed by atoms with Gasteiger partial charge in [0.1, 0.15) is 0 Å². The van der Waals surface area contributed by atoms with Gasteiger partial charge in [0.2, 0.25) is 0 Å². The summed E-state index contributed by atoms with van der Waals surface area (Å²) in [5.74, 6) is 1.05. The molecule has 0 aliphatic carbocycles. The van der Waals surface area contributed by atoms with Crippen molar-refractivity contribution in [3.63, 3.8) is 0 Å². The quantitative estimate of drug-likeness (QED) is 0.628. The van der Waals surface area contributed by atoms with Gasteiger partial charge in [0, 0.05) is 27.2 Å². The van der Waals surface area contributed by atoms with Gasteiger partial charge in [-0.05, 0) is 30.4 Å². The second kappa shape index (κ2) is 7.36. The van der Waals surface area contributed by atoms with E-state index < -0.39 is 0 Å². The van der Waals surface area contributed by atoms with Gasteiger partial charge in [0.05, 0.1) is 0 Å². The summed E-state index contributed by atoms with van der Waals surface area (Å²) in [6.07, 6.45) is 0. The predicted octanol–water partition coefficient (Wildman–Crippen LogP) is 4.27. The Bertz CT molecular complexity index is 402. The van der Waals surface area contributed by atoms with Crippen molar-refractivity contribution in [2.24, 2.45) is 0 Å². The first-order valence-corrected chi connectivity index (χ1v) is 8.00. The largest absolute Gasteiger partial charge is 0.362 e. The lowest BCUT2D eigenvalue weighted by Gasteiger charge is -2.18. The second-order valence-electron chi connectivity index (χ2n) is 4.85. The Balaban J connectivity index is 2.26. The number of hydrogen-bond donors (Lipinski definition) is 2. The van der Waals surface area contributed by atoms with Crippen LogP contribution in [0.3, 0.4) is 0 Å². The van der Waals surface area contributed by atoms with E-state index in [0.29, 0.717) is 9.86 Å². The molecule has 0 atom stereocenters. The molecule has 0 saturated carbocycles. The molecule has 100 valence electrons. The highest BCUT2D eigenvalue weighted by atomic mass is 79.9. The minimum absolute atomic E-state index is 0.307. The van der Waals surface area contributed by atoms with Gasteiger partial charge in [-0.1, -0.05) is 42.8 Å². The number of halogens is 1. The molecule has 1 aromatic rings. The fourth-order valence-corrected chi connectivity index (χ4v) is 2.70. The Morgan fingerprint density at radius 3 is 2.72 bits per heavy atom. The SMILES string of the molecule is CC(C)(C)SCCNC(=S)Nc1cccc(Br)c1. The lowest BCUT2D eigenvalue weighted by Crippen LogP contribution is -2.30. The van der Waals surface area contributed by atoms with Gasteiger partial charge < -0.3 is 10.6 Å². The van der Waals surface area contributed by atoms with Gasteiger partial charge in [-0.2, -0.15) is 11.8 Å². The summed E-state index contributed by atoms with van der Waals surface area (Å²) in [5.41, 5.74) is 0.991. The molecule has 0 radical (unpaired) electrons. The number of thioether (sulfide) groups is 1. The third kappa shape index (κ3) is 7.24. The van der Waals surface area contributed by atoms with Crippen LogP contribution >= 0.6 is 39.9 Å². The fourth-order valence-electron chi connectivity index (χ4n) is 1.26. The highest BCUT2D eigenvalue weighted by Crippen LogP contribution is 2.22. The van der Waals surface area contributed by atoms with Crippen molar-refractivity contribution in [3.8, 4) is 0 Å². The van der Waals surface area contributed by atoms with E-state index in [0.717, 1.165) is 22.5 Å². The first-order valence-electron chi connectivity index (χ1n) is 5.81. The third-order valence-electron chi connectivity index (χ3n) is 2.01. The van der Waals surface area contributed by atoms with Crippen LogP contribution in [0, 0.1) is 0 Å². The molecule has 1 aromatic carbocycles. The molecule has 0 aliphatic heterocycles. The van der Waals surface area contributed by atoms with E-state index in [1.807, 2.05) is 36.0 Å². The molecule has 0 aromatic heterocycles. The minimum Gasteiger partial charge on any atom is -0.362 e. The van der Waals surface area contributed by atoms with E-state index in [9.17, 15) is 0 Å². The van der Waals surface area contributed by atoms with Crippen LogP contribution in [0.25, 0.3) is 0 Å². The van der Waals surface area contributed by atoms with Crippen molar-refractivity contribution in [1.82, 2.24) is 5.32 Å². The van der Waals surface area contributed by atoms with Crippen LogP contribution in [0.15, 0.2) is 28.7 Å². The van der Waals surface area contributed by atoms with E-state index in [-0.39, 0.29) is 0 Å². The van der Waals surface area contributed by atoms with Crippen molar-refractivity contribution in [2.75, 3.05) is 17.6 Å². The predicted molar refractivity (Wildman–Crippen MR) is 90.6 cm³/mol. The maximum absolute atomic E-state index is 5.24. The molecule has 0 spiro atoms. The molecule has 1 rings (SSSR count). The number of hydrogen-bond acceptors (Lipinski definition) is 2. The van der Waals surface area contributed by atoms with Crippen LogP contribution in [0.4, 0.5) is 5.69 Å². The third-order valence-corrected chi connectivity index (χ3v) is 4.02. The Morgan fingerprint density at radius 1 is 1.39 bits per heavy atom. The highest BCUT2D eigenvalue weighted by molar-refractivity contribution is 9.10. The molecule has 18 heavy (non-hydrogen) atoms. The Kier molecular flexibility index (Phi) is 6.46. The minimum atomic E-state index is 0.307. The Morgan fingerprint density at radius 2 is 2.11 bits per heavy atom. The normalized spacial score (nSPS) is 11.1. The van der Waals surface area contributed by atoms with Crippen LogP contribution in [0.5, 0.6) is 0 Å². The van der Waals surface area contributed by atoms with Gasteiger partial charge >= 0.3 is 0 Å². The molecule has 0 bridgehead atoms. The fraction of sp³-hybridized carbons (Fsp3) is 0.462. The van der Waals surface area contributed by atoms with Gasteiger partial charge in [0.15, 0.2) is 5.11 Å². The van der Waals surface area contributed by atoms with Crippen molar-refractivity contribution < 1.29 is 0 Å². The summed E-state index contributed by atoms with van der Waals surface area (Å²) >= 11 is 10.6. The molecule has 0 amide bonds. The topological polar surface area (TPSA) is 24.1 Å². The molecule has 2 N–H and O–H groups in total. The zero-order valence-corrected chi connectivity index (χ0v) is 14.1. The van der Waals surface area contributed by atoms with Gasteiger partial charge in [0.25, 0.3) is 0 Å². The molecule has 0 fully saturated rings. The van der Waals surface area contributed by atoms with E-state index in [2.05, 4.69) is 47.3 Å². The Hall–Kier alpha value is -0.260. The van der Waals surface area contributed by atoms with Gasteiger partial charge in [-0.15, -0.1) is 0 Å². The van der Waals surface area contributed by atoms with E-state index in [4.69, 9.17) is 12.2 Å². The molecule has 0 aliphatic rings. The molecule has 5 heteroatoms. The van der Waals surface area contributed by atoms with Crippen LogP contribution in [0.2, 0.25) is 0 Å². The lowest BCUT2D eigenvalue weighted by atomic mass is 10.3. The van der Waals surface area contributed by atoms with Gasteiger partial charge in [-0.3, -0.25) is 0 Å². The average Bonchev–Trinajstić information content (AvgIpc) is 2.23. The van der Waals surface area contributed by atoms with Crippen molar-refractivity contribution >= 4 is 50.7 Å². The van der Waals surface area contributed by atoms with Crippen molar-refractivity contribution in [3.05, 3.63) is 28.7 Å². The summed E-state index contributed by atoms with van der Waals surface area (Å²) in [7, 11) is 0. The van der Waals surface area contributed by atoms with Crippen LogP contribution in [-0.2, 0) is 0 Å². The lowest BCUT2D eigenvalue weighted by molar-refractivity contribution is 0.800. The maximum atomic E-state index is 5.24. The monoisotopic (exact) mass is 346 g/mol. The molecule has 0 heterocycles. The summed E-state index contributed by atoms with van der Waals surface area (Å²) in [4.78, 5) is 0. The van der Waals surface area contributed by atoms with E-state index >= 15 is 0 Å². The number of thiocarbonyl (C=S) groups is 1. The van der Waals surface area contributed by atoms with Crippen LogP contribution < -0.4 is 10.6 Å². The van der Waals surface area contributed by atoms with Crippen LogP contribution in [-0.4, -0.2) is 22.2 Å². The summed E-state index contributed by atoms with van der Waals surface area (Å²) in [6.45, 7) is 7.53. The van der Waals surface area contributed by atoms with Crippen molar-refractivity contribution in [1.29, 1.82) is 0 Å². The zero-order chi connectivity index (χ0) is 13.6. The first-order chi connectivity index (χ1) is 8.37. The zero-order valence-electron chi connectivity index (χ0n) is 10.9. The van der Waals surface area contributed by atoms with Gasteiger partial charge in [-0.25, -0.2) is 0 Å². The number of anilines is 1. The first kappa shape index (κ1) is 15.8. The molecule has 0 saturated heterocycles. The standard InChI is InChI=1S/C13H19BrN2S2/c1-13(2,3)18-8-7-15-12(17)16-11-6-4-5-10(14)9-11/h4-6,9H,7-8H2,1-3H3,(H2,15,16,17). The smallest absolute Gasteiger partial charge is 0.170 e. The highest BCUT2D eigenvalue weighted by Gasteiger charge is 2.09. The summed E-state index contributed by atoms with van der Waals surface area (Å²) in [6, 6.07) is 7.95. The van der Waals surface area contributed by atoms with Crippen molar-refractivity contribution in [2.45, 2.75) is 25.5 Å². The van der Waals surface area contributed by atoms with E-state index in [1.54, 1.807) is 0 Å². The number of benzene rings is 1. The molecule has 0 unspecified atom stereocenters. The van der Waals surface area contributed by atoms with Crippen LogP contribution in [0.1, 0.15) is 20.8 Å². The average molecular weight is 347 g/mol. The summed E-state index contributed by atoms with van der Waals surface area (Å²) < 4.78 is 1.35. The number of nitrogens with one attached hydrogen (secondary N) is 2.